The Bertz CT molecular complexity index is 1260. The van der Waals surface area contributed by atoms with E-state index in [0.717, 1.165) is 14.7 Å². The number of benzene rings is 3. The zero-order valence-electron chi connectivity index (χ0n) is 16.8. The van der Waals surface area contributed by atoms with Gasteiger partial charge in [-0.05, 0) is 70.6 Å². The van der Waals surface area contributed by atoms with Gasteiger partial charge in [0.05, 0.1) is 17.2 Å². The van der Waals surface area contributed by atoms with Gasteiger partial charge >= 0.3 is 5.97 Å². The number of carbonyl (C=O) groups excluding carboxylic acids is 1. The highest BCUT2D eigenvalue weighted by molar-refractivity contribution is 14.1. The van der Waals surface area contributed by atoms with E-state index in [1.54, 1.807) is 43.5 Å². The number of halogens is 3. The Hall–Kier alpha value is -2.55. The molecule has 0 atom stereocenters. The van der Waals surface area contributed by atoms with E-state index in [-0.39, 0.29) is 11.6 Å². The van der Waals surface area contributed by atoms with E-state index in [1.807, 2.05) is 30.3 Å². The number of nitrogens with zero attached hydrogens (tertiary/aromatic N) is 1. The van der Waals surface area contributed by atoms with E-state index in [4.69, 9.17) is 37.4 Å². The molecule has 1 heterocycles. The zero-order chi connectivity index (χ0) is 22.7. The fourth-order valence-corrected chi connectivity index (χ4v) is 3.83. The van der Waals surface area contributed by atoms with Crippen molar-refractivity contribution in [1.29, 1.82) is 0 Å². The SMILES string of the molecule is COc1cc(/C=C2\N=C(c3ccc(Cl)c(Cl)c3)OC2=O)ccc1OCc1ccccc1I. The van der Waals surface area contributed by atoms with Crippen LogP contribution in [0.25, 0.3) is 6.08 Å². The number of carbonyl (C=O) groups is 1. The van der Waals surface area contributed by atoms with Crippen LogP contribution < -0.4 is 9.47 Å². The predicted molar refractivity (Wildman–Crippen MR) is 134 cm³/mol. The molecule has 0 aliphatic carbocycles. The van der Waals surface area contributed by atoms with Gasteiger partial charge in [-0.3, -0.25) is 0 Å². The molecule has 5 nitrogen and oxygen atoms in total. The van der Waals surface area contributed by atoms with Gasteiger partial charge in [0.25, 0.3) is 0 Å². The minimum atomic E-state index is -0.552. The number of cyclic esters (lactones) is 1. The van der Waals surface area contributed by atoms with Crippen LogP contribution in [0.2, 0.25) is 10.0 Å². The van der Waals surface area contributed by atoms with Crippen LogP contribution in [0.4, 0.5) is 0 Å². The van der Waals surface area contributed by atoms with Gasteiger partial charge in [0.2, 0.25) is 5.90 Å². The zero-order valence-corrected chi connectivity index (χ0v) is 20.4. The maximum Gasteiger partial charge on any atom is 0.363 e. The molecule has 1 aliphatic heterocycles. The molecule has 3 aromatic rings. The van der Waals surface area contributed by atoms with E-state index in [0.29, 0.717) is 33.7 Å². The largest absolute Gasteiger partial charge is 0.493 e. The molecule has 32 heavy (non-hydrogen) atoms. The van der Waals surface area contributed by atoms with Crippen LogP contribution in [0, 0.1) is 3.57 Å². The number of hydrogen-bond acceptors (Lipinski definition) is 5. The van der Waals surface area contributed by atoms with Gasteiger partial charge in [-0.15, -0.1) is 0 Å². The summed E-state index contributed by atoms with van der Waals surface area (Å²) in [6.45, 7) is 0.416. The first kappa shape index (κ1) is 22.6. The second kappa shape index (κ2) is 9.94. The summed E-state index contributed by atoms with van der Waals surface area (Å²) < 4.78 is 17.8. The monoisotopic (exact) mass is 579 g/mol. The van der Waals surface area contributed by atoms with E-state index in [1.165, 1.54) is 0 Å². The summed E-state index contributed by atoms with van der Waals surface area (Å²) in [5, 5.41) is 0.762. The molecule has 1 aliphatic rings. The minimum absolute atomic E-state index is 0.167. The molecule has 0 spiro atoms. The Balaban J connectivity index is 1.55. The summed E-state index contributed by atoms with van der Waals surface area (Å²) in [5.41, 5.74) is 2.53. The molecule has 0 fully saturated rings. The van der Waals surface area contributed by atoms with Gasteiger partial charge in [0.1, 0.15) is 6.61 Å². The highest BCUT2D eigenvalue weighted by atomic mass is 127. The van der Waals surface area contributed by atoms with Gasteiger partial charge in [0.15, 0.2) is 17.2 Å². The normalized spacial score (nSPS) is 14.3. The van der Waals surface area contributed by atoms with Gasteiger partial charge in [-0.25, -0.2) is 9.79 Å². The number of ether oxygens (including phenoxy) is 3. The molecule has 0 unspecified atom stereocenters. The summed E-state index contributed by atoms with van der Waals surface area (Å²) in [7, 11) is 1.57. The molecule has 3 aromatic carbocycles. The van der Waals surface area contributed by atoms with Crippen molar-refractivity contribution in [2.75, 3.05) is 7.11 Å². The first-order valence-electron chi connectivity index (χ1n) is 9.47. The van der Waals surface area contributed by atoms with Gasteiger partial charge < -0.3 is 14.2 Å². The third-order valence-corrected chi connectivity index (χ3v) is 6.41. The molecule has 162 valence electrons. The molecule has 0 N–H and O–H groups in total. The number of methoxy groups -OCH3 is 1. The van der Waals surface area contributed by atoms with Crippen molar-refractivity contribution in [3.8, 4) is 11.5 Å². The maximum atomic E-state index is 12.3. The third-order valence-electron chi connectivity index (χ3n) is 4.62. The predicted octanol–water partition coefficient (Wildman–Crippen LogP) is 6.53. The Morgan fingerprint density at radius 3 is 2.59 bits per heavy atom. The Morgan fingerprint density at radius 1 is 1.03 bits per heavy atom. The molecular weight excluding hydrogens is 564 g/mol. The second-order valence-corrected chi connectivity index (χ2v) is 8.73. The lowest BCUT2D eigenvalue weighted by molar-refractivity contribution is -0.129. The molecule has 0 saturated carbocycles. The second-order valence-electron chi connectivity index (χ2n) is 6.76. The van der Waals surface area contributed by atoms with Crippen molar-refractivity contribution in [1.82, 2.24) is 0 Å². The van der Waals surface area contributed by atoms with Crippen molar-refractivity contribution < 1.29 is 19.0 Å². The van der Waals surface area contributed by atoms with E-state index in [9.17, 15) is 4.79 Å². The van der Waals surface area contributed by atoms with Crippen LogP contribution >= 0.6 is 45.8 Å². The van der Waals surface area contributed by atoms with Crippen LogP contribution in [-0.4, -0.2) is 19.0 Å². The molecule has 0 amide bonds. The van der Waals surface area contributed by atoms with Crippen LogP contribution in [0.5, 0.6) is 11.5 Å². The van der Waals surface area contributed by atoms with Crippen LogP contribution in [0.15, 0.2) is 71.4 Å². The third kappa shape index (κ3) is 5.09. The number of rotatable bonds is 6. The summed E-state index contributed by atoms with van der Waals surface area (Å²) in [5.74, 6) is 0.766. The summed E-state index contributed by atoms with van der Waals surface area (Å²) in [4.78, 5) is 16.6. The molecule has 8 heteroatoms. The lowest BCUT2D eigenvalue weighted by Crippen LogP contribution is -2.05. The van der Waals surface area contributed by atoms with Crippen molar-refractivity contribution in [2.45, 2.75) is 6.61 Å². The number of hydrogen-bond donors (Lipinski definition) is 0. The van der Waals surface area contributed by atoms with E-state index in [2.05, 4.69) is 27.6 Å². The number of esters is 1. The highest BCUT2D eigenvalue weighted by Crippen LogP contribution is 2.31. The summed E-state index contributed by atoms with van der Waals surface area (Å²) in [6.07, 6.45) is 1.62. The van der Waals surface area contributed by atoms with Gasteiger partial charge in [0, 0.05) is 14.7 Å². The Kier molecular flexibility index (Phi) is 7.03. The average Bonchev–Trinajstić information content (AvgIpc) is 3.15. The van der Waals surface area contributed by atoms with Crippen molar-refractivity contribution in [2.24, 2.45) is 4.99 Å². The van der Waals surface area contributed by atoms with Crippen LogP contribution in [-0.2, 0) is 16.1 Å². The van der Waals surface area contributed by atoms with Crippen molar-refractivity contribution >= 4 is 63.7 Å². The lowest BCUT2D eigenvalue weighted by atomic mass is 10.1. The van der Waals surface area contributed by atoms with E-state index < -0.39 is 5.97 Å². The Labute approximate surface area is 208 Å². The summed E-state index contributed by atoms with van der Waals surface area (Å²) in [6, 6.07) is 18.3. The molecule has 0 aromatic heterocycles. The first-order chi connectivity index (χ1) is 15.4. The van der Waals surface area contributed by atoms with Crippen LogP contribution in [0.1, 0.15) is 16.7 Å². The Morgan fingerprint density at radius 2 is 1.84 bits per heavy atom. The standard InChI is InChI=1S/C24H16Cl2INO4/c1-30-22-11-14(6-9-21(22)31-13-16-4-2-3-5-19(16)27)10-20-24(29)32-23(28-20)15-7-8-17(25)18(26)12-15/h2-12H,13H2,1H3/b20-10-. The van der Waals surface area contributed by atoms with E-state index >= 15 is 0 Å². The average molecular weight is 580 g/mol. The summed E-state index contributed by atoms with van der Waals surface area (Å²) >= 11 is 14.3. The van der Waals surface area contributed by atoms with Gasteiger partial charge in [-0.1, -0.05) is 47.5 Å². The molecule has 4 rings (SSSR count). The molecule has 0 saturated heterocycles. The quantitative estimate of drug-likeness (QED) is 0.189. The smallest absolute Gasteiger partial charge is 0.363 e. The topological polar surface area (TPSA) is 57.1 Å². The molecule has 0 radical (unpaired) electrons. The number of aliphatic imine (C=N–C) groups is 1. The van der Waals surface area contributed by atoms with Crippen LogP contribution in [0.3, 0.4) is 0 Å². The first-order valence-corrected chi connectivity index (χ1v) is 11.3. The minimum Gasteiger partial charge on any atom is -0.493 e. The fourth-order valence-electron chi connectivity index (χ4n) is 2.98. The maximum absolute atomic E-state index is 12.3. The molecular formula is C24H16Cl2INO4. The molecule has 0 bridgehead atoms. The van der Waals surface area contributed by atoms with Crippen molar-refractivity contribution in [3.63, 3.8) is 0 Å². The van der Waals surface area contributed by atoms with Crippen molar-refractivity contribution in [3.05, 3.63) is 96.7 Å². The lowest BCUT2D eigenvalue weighted by Gasteiger charge is -2.12. The van der Waals surface area contributed by atoms with Gasteiger partial charge in [-0.2, -0.15) is 0 Å². The highest BCUT2D eigenvalue weighted by Gasteiger charge is 2.24. The fraction of sp³-hybridized carbons (Fsp3) is 0.0833.